The number of amides is 1. The van der Waals surface area contributed by atoms with E-state index in [1.165, 1.54) is 0 Å². The average Bonchev–Trinajstić information content (AvgIpc) is 2.37. The molecule has 0 aliphatic rings. The number of oxime groups is 1. The lowest BCUT2D eigenvalue weighted by Crippen LogP contribution is -2.32. The molecule has 0 heterocycles. The highest BCUT2D eigenvalue weighted by atomic mass is 32.2. The van der Waals surface area contributed by atoms with Gasteiger partial charge >= 0.3 is 0 Å². The first-order valence-corrected chi connectivity index (χ1v) is 7.37. The number of amidine groups is 1. The number of carbonyl (C=O) groups excluding carboxylic acids is 1. The summed E-state index contributed by atoms with van der Waals surface area (Å²) < 4.78 is 21.4. The molecule has 8 nitrogen and oxygen atoms in total. The van der Waals surface area contributed by atoms with Gasteiger partial charge in [-0.3, -0.25) is 4.79 Å². The molecule has 0 spiro atoms. The molecule has 0 saturated heterocycles. The maximum Gasteiger partial charge on any atom is 0.224 e. The predicted molar refractivity (Wildman–Crippen MR) is 73.6 cm³/mol. The molecule has 110 valence electrons. The van der Waals surface area contributed by atoms with E-state index in [9.17, 15) is 13.2 Å². The lowest BCUT2D eigenvalue weighted by molar-refractivity contribution is -0.120. The number of nitrogens with one attached hydrogen (secondary N) is 1. The number of primary sulfonamides is 1. The van der Waals surface area contributed by atoms with Crippen molar-refractivity contribution in [3.63, 3.8) is 0 Å². The van der Waals surface area contributed by atoms with Crippen LogP contribution in [0.2, 0.25) is 0 Å². The summed E-state index contributed by atoms with van der Waals surface area (Å²) >= 11 is 0. The van der Waals surface area contributed by atoms with Crippen LogP contribution >= 0.6 is 0 Å². The van der Waals surface area contributed by atoms with Gasteiger partial charge in [-0.25, -0.2) is 13.6 Å². The van der Waals surface area contributed by atoms with E-state index in [1.54, 1.807) is 24.3 Å². The number of sulfonamides is 1. The molecular formula is C11H16N4O4S. The SMILES string of the molecule is NC(=NO)c1ccc(CC(=O)NCCS(N)(=O)=O)cc1. The Balaban J connectivity index is 2.50. The van der Waals surface area contributed by atoms with E-state index in [4.69, 9.17) is 16.1 Å². The fourth-order valence-electron chi connectivity index (χ4n) is 1.43. The summed E-state index contributed by atoms with van der Waals surface area (Å²) in [6, 6.07) is 6.54. The fourth-order valence-corrected chi connectivity index (χ4v) is 1.82. The van der Waals surface area contributed by atoms with E-state index in [-0.39, 0.29) is 30.5 Å². The van der Waals surface area contributed by atoms with E-state index in [1.807, 2.05) is 0 Å². The zero-order chi connectivity index (χ0) is 15.2. The number of hydrogen-bond donors (Lipinski definition) is 4. The summed E-state index contributed by atoms with van der Waals surface area (Å²) in [5, 5.41) is 18.6. The van der Waals surface area contributed by atoms with Gasteiger partial charge in [0.15, 0.2) is 5.84 Å². The minimum Gasteiger partial charge on any atom is -0.409 e. The molecule has 9 heteroatoms. The Bertz CT molecular complexity index is 595. The number of rotatable bonds is 6. The Morgan fingerprint density at radius 1 is 1.30 bits per heavy atom. The average molecular weight is 300 g/mol. The van der Waals surface area contributed by atoms with Crippen LogP contribution in [0.25, 0.3) is 0 Å². The van der Waals surface area contributed by atoms with Gasteiger partial charge in [-0.1, -0.05) is 29.4 Å². The first kappa shape index (κ1) is 15.9. The molecule has 1 rings (SSSR count). The van der Waals surface area contributed by atoms with E-state index in [2.05, 4.69) is 10.5 Å². The van der Waals surface area contributed by atoms with Gasteiger partial charge in [0, 0.05) is 12.1 Å². The molecule has 0 bridgehead atoms. The van der Waals surface area contributed by atoms with Crippen LogP contribution in [0.3, 0.4) is 0 Å². The van der Waals surface area contributed by atoms with Crippen molar-refractivity contribution in [3.8, 4) is 0 Å². The molecule has 20 heavy (non-hydrogen) atoms. The Kier molecular flexibility index (Phi) is 5.47. The fraction of sp³-hybridized carbons (Fsp3) is 0.273. The first-order chi connectivity index (χ1) is 9.31. The third kappa shape index (κ3) is 5.67. The lowest BCUT2D eigenvalue weighted by Gasteiger charge is -2.05. The number of carbonyl (C=O) groups is 1. The molecule has 0 saturated carbocycles. The predicted octanol–water partition coefficient (Wildman–Crippen LogP) is -1.27. The third-order valence-electron chi connectivity index (χ3n) is 2.43. The zero-order valence-corrected chi connectivity index (χ0v) is 11.4. The van der Waals surface area contributed by atoms with Crippen LogP contribution in [0.15, 0.2) is 29.4 Å². The molecule has 6 N–H and O–H groups in total. The topological polar surface area (TPSA) is 148 Å². The molecule has 0 fully saturated rings. The van der Waals surface area contributed by atoms with Crippen molar-refractivity contribution < 1.29 is 18.4 Å². The van der Waals surface area contributed by atoms with Crippen molar-refractivity contribution in [1.29, 1.82) is 0 Å². The highest BCUT2D eigenvalue weighted by Crippen LogP contribution is 2.05. The van der Waals surface area contributed by atoms with Gasteiger partial charge < -0.3 is 16.3 Å². The van der Waals surface area contributed by atoms with E-state index >= 15 is 0 Å². The van der Waals surface area contributed by atoms with Crippen molar-refractivity contribution in [2.75, 3.05) is 12.3 Å². The molecule has 0 aliphatic heterocycles. The van der Waals surface area contributed by atoms with Crippen LogP contribution in [-0.2, 0) is 21.2 Å². The number of benzene rings is 1. The van der Waals surface area contributed by atoms with Gasteiger partial charge in [0.2, 0.25) is 15.9 Å². The van der Waals surface area contributed by atoms with Crippen LogP contribution in [0, 0.1) is 0 Å². The van der Waals surface area contributed by atoms with Crippen molar-refractivity contribution in [3.05, 3.63) is 35.4 Å². The normalized spacial score (nSPS) is 12.2. The smallest absolute Gasteiger partial charge is 0.224 e. The Morgan fingerprint density at radius 3 is 2.40 bits per heavy atom. The molecule has 1 amide bonds. The molecule has 0 unspecified atom stereocenters. The van der Waals surface area contributed by atoms with Crippen LogP contribution in [0.1, 0.15) is 11.1 Å². The second-order valence-corrected chi connectivity index (χ2v) is 5.81. The summed E-state index contributed by atoms with van der Waals surface area (Å²) in [5.41, 5.74) is 6.65. The number of hydrogen-bond acceptors (Lipinski definition) is 5. The number of nitrogens with two attached hydrogens (primary N) is 2. The molecule has 0 aromatic heterocycles. The monoisotopic (exact) mass is 300 g/mol. The molecular weight excluding hydrogens is 284 g/mol. The van der Waals surface area contributed by atoms with Crippen molar-refractivity contribution in [1.82, 2.24) is 5.32 Å². The second kappa shape index (κ2) is 6.87. The van der Waals surface area contributed by atoms with E-state index in [0.29, 0.717) is 11.1 Å². The van der Waals surface area contributed by atoms with E-state index < -0.39 is 10.0 Å². The minimum atomic E-state index is -3.58. The molecule has 0 aliphatic carbocycles. The van der Waals surface area contributed by atoms with Gasteiger partial charge in [0.05, 0.1) is 12.2 Å². The standard InChI is InChI=1S/C11H16N4O4S/c12-11(15-17)9-3-1-8(2-4-9)7-10(16)14-5-6-20(13,18)19/h1-4,17H,5-7H2,(H2,12,15)(H,14,16)(H2,13,18,19). The van der Waals surface area contributed by atoms with Crippen molar-refractivity contribution in [2.24, 2.45) is 16.0 Å². The Labute approximate surface area is 116 Å². The van der Waals surface area contributed by atoms with Crippen molar-refractivity contribution in [2.45, 2.75) is 6.42 Å². The molecule has 1 aromatic rings. The molecule has 0 atom stereocenters. The summed E-state index contributed by atoms with van der Waals surface area (Å²) in [6.45, 7) is -0.0279. The molecule has 1 aromatic carbocycles. The Morgan fingerprint density at radius 2 is 1.90 bits per heavy atom. The van der Waals surface area contributed by atoms with Crippen LogP contribution < -0.4 is 16.2 Å². The highest BCUT2D eigenvalue weighted by molar-refractivity contribution is 7.89. The van der Waals surface area contributed by atoms with Gasteiger partial charge in [-0.15, -0.1) is 0 Å². The van der Waals surface area contributed by atoms with Gasteiger partial charge in [0.1, 0.15) is 0 Å². The zero-order valence-electron chi connectivity index (χ0n) is 10.6. The highest BCUT2D eigenvalue weighted by Gasteiger charge is 2.07. The van der Waals surface area contributed by atoms with Gasteiger partial charge in [-0.2, -0.15) is 0 Å². The molecule has 0 radical (unpaired) electrons. The summed E-state index contributed by atoms with van der Waals surface area (Å²) in [6.07, 6.45) is 0.0983. The van der Waals surface area contributed by atoms with Crippen LogP contribution in [-0.4, -0.2) is 37.7 Å². The van der Waals surface area contributed by atoms with E-state index in [0.717, 1.165) is 0 Å². The van der Waals surface area contributed by atoms with Crippen LogP contribution in [0.5, 0.6) is 0 Å². The first-order valence-electron chi connectivity index (χ1n) is 5.66. The van der Waals surface area contributed by atoms with Crippen LogP contribution in [0.4, 0.5) is 0 Å². The Hall–Kier alpha value is -2.13. The van der Waals surface area contributed by atoms with Gasteiger partial charge in [-0.05, 0) is 5.56 Å². The summed E-state index contributed by atoms with van der Waals surface area (Å²) in [7, 11) is -3.58. The number of nitrogens with zero attached hydrogens (tertiary/aromatic N) is 1. The third-order valence-corrected chi connectivity index (χ3v) is 3.20. The lowest BCUT2D eigenvalue weighted by atomic mass is 10.1. The van der Waals surface area contributed by atoms with Gasteiger partial charge in [0.25, 0.3) is 0 Å². The minimum absolute atomic E-state index is 0.0193. The quantitative estimate of drug-likeness (QED) is 0.224. The largest absolute Gasteiger partial charge is 0.409 e. The maximum absolute atomic E-state index is 11.5. The second-order valence-electron chi connectivity index (χ2n) is 4.08. The summed E-state index contributed by atoms with van der Waals surface area (Å²) in [4.78, 5) is 11.5. The summed E-state index contributed by atoms with van der Waals surface area (Å²) in [5.74, 6) is -0.638. The maximum atomic E-state index is 11.5. The van der Waals surface area contributed by atoms with Crippen molar-refractivity contribution >= 4 is 21.8 Å².